The molecular formula is C12H21ClSn. The van der Waals surface area contributed by atoms with Crippen LogP contribution in [0.1, 0.15) is 20.8 Å². The molecule has 0 saturated carbocycles. The van der Waals surface area contributed by atoms with Crippen molar-refractivity contribution in [1.29, 1.82) is 0 Å². The van der Waals surface area contributed by atoms with Crippen LogP contribution in [0.4, 0.5) is 0 Å². The third-order valence-electron chi connectivity index (χ3n) is 1.86. The summed E-state index contributed by atoms with van der Waals surface area (Å²) in [6.07, 6.45) is 0. The van der Waals surface area contributed by atoms with Gasteiger partial charge in [-0.2, -0.15) is 0 Å². The van der Waals surface area contributed by atoms with E-state index in [2.05, 4.69) is 40.5 Å². The summed E-state index contributed by atoms with van der Waals surface area (Å²) in [5.74, 6) is 0. The molecule has 0 rings (SSSR count). The van der Waals surface area contributed by atoms with E-state index in [1.54, 1.807) is 0 Å². The fourth-order valence-corrected chi connectivity index (χ4v) is 16.7. The Balaban J connectivity index is 4.56. The maximum absolute atomic E-state index is 6.75. The van der Waals surface area contributed by atoms with Gasteiger partial charge in [-0.05, 0) is 0 Å². The van der Waals surface area contributed by atoms with Crippen molar-refractivity contribution in [3.63, 3.8) is 0 Å². The molecule has 2 heteroatoms. The van der Waals surface area contributed by atoms with Crippen molar-refractivity contribution < 1.29 is 0 Å². The number of halogens is 1. The zero-order valence-corrected chi connectivity index (χ0v) is 13.2. The fourth-order valence-electron chi connectivity index (χ4n) is 1.81. The van der Waals surface area contributed by atoms with Crippen LogP contribution in [0.3, 0.4) is 0 Å². The van der Waals surface area contributed by atoms with Crippen molar-refractivity contribution in [2.75, 3.05) is 0 Å². The number of rotatable bonds is 6. The normalized spacial score (nSPS) is 11.1. The van der Waals surface area contributed by atoms with Gasteiger partial charge in [-0.3, -0.25) is 0 Å². The molecule has 0 aromatic rings. The molecule has 0 radical (unpaired) electrons. The van der Waals surface area contributed by atoms with Crippen LogP contribution in [-0.2, 0) is 0 Å². The van der Waals surface area contributed by atoms with Crippen LogP contribution in [0.5, 0.6) is 0 Å². The molecule has 0 unspecified atom stereocenters. The van der Waals surface area contributed by atoms with E-state index in [9.17, 15) is 0 Å². The van der Waals surface area contributed by atoms with Crippen LogP contribution in [0, 0.1) is 0 Å². The maximum atomic E-state index is 6.75. The van der Waals surface area contributed by atoms with E-state index < -0.39 is 17.3 Å². The molecule has 0 fully saturated rings. The first-order valence-corrected chi connectivity index (χ1v) is 14.5. The Morgan fingerprint density at radius 2 is 1.07 bits per heavy atom. The first-order valence-electron chi connectivity index (χ1n) is 4.87. The van der Waals surface area contributed by atoms with Crippen LogP contribution in [0.15, 0.2) is 36.5 Å². The molecule has 0 amide bonds. The minimum absolute atomic E-state index is 1.04. The predicted molar refractivity (Wildman–Crippen MR) is 70.5 cm³/mol. The van der Waals surface area contributed by atoms with Crippen molar-refractivity contribution in [2.45, 2.75) is 34.1 Å². The number of allylic oxidation sites excluding steroid dienone is 3. The van der Waals surface area contributed by atoms with E-state index in [1.165, 1.54) is 16.7 Å². The molecule has 80 valence electrons. The van der Waals surface area contributed by atoms with E-state index in [4.69, 9.17) is 8.92 Å². The molecule has 0 aliphatic rings. The van der Waals surface area contributed by atoms with E-state index in [0.29, 0.717) is 0 Å². The molecule has 0 nitrogen and oxygen atoms in total. The third-order valence-corrected chi connectivity index (χ3v) is 15.1. The van der Waals surface area contributed by atoms with Crippen LogP contribution < -0.4 is 0 Å². The molecule has 0 spiro atoms. The van der Waals surface area contributed by atoms with Crippen LogP contribution in [-0.4, -0.2) is 17.3 Å². The summed E-state index contributed by atoms with van der Waals surface area (Å²) in [4.78, 5) is 0. The van der Waals surface area contributed by atoms with Crippen molar-refractivity contribution >= 4 is 26.2 Å². The van der Waals surface area contributed by atoms with Gasteiger partial charge in [0.2, 0.25) is 0 Å². The molecule has 0 aliphatic heterocycles. The first kappa shape index (κ1) is 14.3. The van der Waals surface area contributed by atoms with Gasteiger partial charge in [-0.1, -0.05) is 0 Å². The van der Waals surface area contributed by atoms with Gasteiger partial charge in [0, 0.05) is 0 Å². The van der Waals surface area contributed by atoms with Gasteiger partial charge in [0.15, 0.2) is 0 Å². The minimum atomic E-state index is -2.54. The predicted octanol–water partition coefficient (Wildman–Crippen LogP) is 4.90. The Kier molecular flexibility index (Phi) is 6.15. The fraction of sp³-hybridized carbons (Fsp3) is 0.500. The standard InChI is InChI=1S/3C4H7.ClH.Sn/c3*1-4(2)3;;/h3*1-2H2,3H3;1H;/q;;;;+1/p-1. The summed E-state index contributed by atoms with van der Waals surface area (Å²) in [6.45, 7) is 18.1. The van der Waals surface area contributed by atoms with Crippen molar-refractivity contribution in [2.24, 2.45) is 0 Å². The van der Waals surface area contributed by atoms with Gasteiger partial charge in [0.25, 0.3) is 0 Å². The van der Waals surface area contributed by atoms with E-state index in [1.807, 2.05) is 0 Å². The Morgan fingerprint density at radius 1 is 0.857 bits per heavy atom. The number of hydrogen-bond donors (Lipinski definition) is 0. The second-order valence-corrected chi connectivity index (χ2v) is 19.5. The van der Waals surface area contributed by atoms with Gasteiger partial charge >= 0.3 is 96.7 Å². The average Bonchev–Trinajstić information content (AvgIpc) is 1.76. The van der Waals surface area contributed by atoms with Crippen molar-refractivity contribution in [1.82, 2.24) is 0 Å². The summed E-state index contributed by atoms with van der Waals surface area (Å²) in [5, 5.41) is 0. The van der Waals surface area contributed by atoms with Gasteiger partial charge in [0.05, 0.1) is 0 Å². The van der Waals surface area contributed by atoms with Gasteiger partial charge in [-0.25, -0.2) is 0 Å². The molecule has 0 bridgehead atoms. The molecule has 0 aliphatic carbocycles. The molecule has 0 aromatic carbocycles. The van der Waals surface area contributed by atoms with E-state index in [0.717, 1.165) is 13.3 Å². The van der Waals surface area contributed by atoms with E-state index >= 15 is 0 Å². The SMILES string of the molecule is C=C(C)[CH2][Sn]([Cl])([CH2]C(=C)C)[CH2]C(=C)C. The first-order chi connectivity index (χ1) is 6.25. The Labute approximate surface area is 96.3 Å². The molecule has 0 heterocycles. The average molecular weight is 319 g/mol. The Morgan fingerprint density at radius 3 is 1.21 bits per heavy atom. The quantitative estimate of drug-likeness (QED) is 0.482. The van der Waals surface area contributed by atoms with Gasteiger partial charge in [0.1, 0.15) is 0 Å². The van der Waals surface area contributed by atoms with Crippen molar-refractivity contribution in [3.05, 3.63) is 36.5 Å². The summed E-state index contributed by atoms with van der Waals surface area (Å²) >= 11 is -2.54. The molecule has 14 heavy (non-hydrogen) atoms. The number of hydrogen-bond acceptors (Lipinski definition) is 0. The van der Waals surface area contributed by atoms with Gasteiger partial charge < -0.3 is 0 Å². The molecule has 0 N–H and O–H groups in total. The molecule has 0 atom stereocenters. The molecule has 0 aromatic heterocycles. The zero-order chi connectivity index (χ0) is 11.4. The Bertz CT molecular complexity index is 212. The Hall–Kier alpha value is 0.309. The monoisotopic (exact) mass is 320 g/mol. The third kappa shape index (κ3) is 6.72. The summed E-state index contributed by atoms with van der Waals surface area (Å²) in [7, 11) is 6.75. The van der Waals surface area contributed by atoms with Crippen LogP contribution in [0.2, 0.25) is 13.3 Å². The topological polar surface area (TPSA) is 0 Å². The van der Waals surface area contributed by atoms with Crippen LogP contribution in [0.25, 0.3) is 0 Å². The molecule has 0 saturated heterocycles. The van der Waals surface area contributed by atoms with Crippen LogP contribution >= 0.6 is 8.92 Å². The van der Waals surface area contributed by atoms with E-state index in [-0.39, 0.29) is 0 Å². The zero-order valence-electron chi connectivity index (χ0n) is 9.62. The van der Waals surface area contributed by atoms with Crippen molar-refractivity contribution in [3.8, 4) is 0 Å². The second kappa shape index (κ2) is 6.02. The second-order valence-electron chi connectivity index (χ2n) is 4.55. The van der Waals surface area contributed by atoms with Gasteiger partial charge in [-0.15, -0.1) is 0 Å². The molecular weight excluding hydrogens is 298 g/mol. The summed E-state index contributed by atoms with van der Waals surface area (Å²) in [6, 6.07) is 0. The summed E-state index contributed by atoms with van der Waals surface area (Å²) < 4.78 is 3.11. The summed E-state index contributed by atoms with van der Waals surface area (Å²) in [5.41, 5.74) is 3.62.